The molecule has 2 rings (SSSR count). The van der Waals surface area contributed by atoms with Gasteiger partial charge in [0.05, 0.1) is 10.5 Å². The minimum Gasteiger partial charge on any atom is -0.294 e. The molecule has 0 aliphatic heterocycles. The molecule has 2 aromatic rings. The standard InChI is InChI=1S/C18H8F10INO3/c19-15(17(23,24)25,18(26,27)28)9-5-12(16(20,21)22)11(13(29)6-9)7-14(31)8-2-1-3-10(4-8)30(32)33/h1-6H,7H2. The Balaban J connectivity index is 2.68. The van der Waals surface area contributed by atoms with Crippen LogP contribution in [0.3, 0.4) is 0 Å². The van der Waals surface area contributed by atoms with E-state index in [1.54, 1.807) is 0 Å². The Morgan fingerprint density at radius 1 is 0.909 bits per heavy atom. The minimum atomic E-state index is -6.64. The van der Waals surface area contributed by atoms with Gasteiger partial charge in [0.2, 0.25) is 0 Å². The predicted molar refractivity (Wildman–Crippen MR) is 100 cm³/mol. The average molecular weight is 603 g/mol. The highest BCUT2D eigenvalue weighted by molar-refractivity contribution is 14.1. The summed E-state index contributed by atoms with van der Waals surface area (Å²) in [7, 11) is 0. The quantitative estimate of drug-likeness (QED) is 0.123. The van der Waals surface area contributed by atoms with Crippen LogP contribution in [0.25, 0.3) is 0 Å². The van der Waals surface area contributed by atoms with E-state index in [2.05, 4.69) is 0 Å². The Labute approximate surface area is 190 Å². The maximum absolute atomic E-state index is 14.3. The third-order valence-corrected chi connectivity index (χ3v) is 5.36. The lowest BCUT2D eigenvalue weighted by molar-refractivity contribution is -0.384. The van der Waals surface area contributed by atoms with Crippen molar-refractivity contribution in [2.75, 3.05) is 0 Å². The molecule has 0 N–H and O–H groups in total. The van der Waals surface area contributed by atoms with Crippen molar-refractivity contribution < 1.29 is 53.6 Å². The molecule has 0 saturated heterocycles. The van der Waals surface area contributed by atoms with Gasteiger partial charge in [-0.3, -0.25) is 14.9 Å². The number of hydrogen-bond donors (Lipinski definition) is 0. The number of non-ortho nitro benzene ring substituents is 1. The molecule has 0 bridgehead atoms. The van der Waals surface area contributed by atoms with E-state index in [-0.39, 0.29) is 6.07 Å². The predicted octanol–water partition coefficient (Wildman–Crippen LogP) is 6.93. The maximum Gasteiger partial charge on any atom is 0.435 e. The van der Waals surface area contributed by atoms with Gasteiger partial charge in [0, 0.05) is 33.3 Å². The molecule has 0 aliphatic rings. The zero-order valence-corrected chi connectivity index (χ0v) is 17.7. The molecule has 0 fully saturated rings. The van der Waals surface area contributed by atoms with E-state index >= 15 is 0 Å². The second kappa shape index (κ2) is 8.72. The number of nitrogens with zero attached hydrogens (tertiary/aromatic N) is 1. The highest BCUT2D eigenvalue weighted by atomic mass is 127. The molecule has 15 heteroatoms. The Bertz CT molecular complexity index is 1080. The van der Waals surface area contributed by atoms with Crippen molar-refractivity contribution in [1.29, 1.82) is 0 Å². The summed E-state index contributed by atoms with van der Waals surface area (Å²) in [6.07, 6.45) is -20.0. The third kappa shape index (κ3) is 5.22. The molecule has 180 valence electrons. The molecule has 0 aliphatic carbocycles. The average Bonchev–Trinajstić information content (AvgIpc) is 2.65. The van der Waals surface area contributed by atoms with Gasteiger partial charge in [-0.05, 0) is 40.3 Å². The number of ketones is 1. The normalized spacial score (nSPS) is 13.2. The monoisotopic (exact) mass is 603 g/mol. The first-order valence-electron chi connectivity index (χ1n) is 8.30. The van der Waals surface area contributed by atoms with Crippen LogP contribution in [0.4, 0.5) is 49.6 Å². The number of carbonyl (C=O) groups is 1. The fourth-order valence-electron chi connectivity index (χ4n) is 2.81. The molecule has 0 aromatic heterocycles. The molecule has 0 saturated carbocycles. The number of rotatable bonds is 5. The number of nitro groups is 1. The summed E-state index contributed by atoms with van der Waals surface area (Å²) in [4.78, 5) is 22.3. The summed E-state index contributed by atoms with van der Waals surface area (Å²) < 4.78 is 132. The summed E-state index contributed by atoms with van der Waals surface area (Å²) in [6, 6.07) is 3.06. The van der Waals surface area contributed by atoms with Gasteiger partial charge >= 0.3 is 24.2 Å². The van der Waals surface area contributed by atoms with Gasteiger partial charge in [0.1, 0.15) is 0 Å². The molecular weight excluding hydrogens is 595 g/mol. The van der Waals surface area contributed by atoms with Crippen molar-refractivity contribution in [1.82, 2.24) is 0 Å². The van der Waals surface area contributed by atoms with Crippen LogP contribution in [-0.4, -0.2) is 23.1 Å². The second-order valence-corrected chi connectivity index (χ2v) is 7.71. The zero-order chi connectivity index (χ0) is 25.6. The lowest BCUT2D eigenvalue weighted by atomic mass is 9.89. The smallest absolute Gasteiger partial charge is 0.294 e. The highest BCUT2D eigenvalue weighted by Gasteiger charge is 2.73. The van der Waals surface area contributed by atoms with Gasteiger partial charge in [0.25, 0.3) is 5.69 Å². The van der Waals surface area contributed by atoms with E-state index < -0.39 is 78.9 Å². The Morgan fingerprint density at radius 3 is 1.91 bits per heavy atom. The van der Waals surface area contributed by atoms with Crippen molar-refractivity contribution in [2.45, 2.75) is 30.6 Å². The van der Waals surface area contributed by atoms with Gasteiger partial charge in [-0.15, -0.1) is 0 Å². The number of nitro benzene ring substituents is 1. The van der Waals surface area contributed by atoms with Crippen LogP contribution in [-0.2, 0) is 18.3 Å². The number of hydrogen-bond acceptors (Lipinski definition) is 3. The van der Waals surface area contributed by atoms with Crippen molar-refractivity contribution >= 4 is 34.1 Å². The fourth-order valence-corrected chi connectivity index (χ4v) is 3.63. The third-order valence-electron chi connectivity index (χ3n) is 4.40. The fraction of sp³-hybridized carbons (Fsp3) is 0.278. The first-order valence-corrected chi connectivity index (χ1v) is 9.38. The van der Waals surface area contributed by atoms with Gasteiger partial charge in [-0.25, -0.2) is 4.39 Å². The summed E-state index contributed by atoms with van der Waals surface area (Å²) in [5, 5.41) is 10.8. The first kappa shape index (κ1) is 26.8. The van der Waals surface area contributed by atoms with Gasteiger partial charge in [0.15, 0.2) is 5.78 Å². The van der Waals surface area contributed by atoms with Gasteiger partial charge in [-0.2, -0.15) is 39.5 Å². The minimum absolute atomic E-state index is 0.0766. The first-order chi connectivity index (χ1) is 14.8. The van der Waals surface area contributed by atoms with Crippen LogP contribution in [0.5, 0.6) is 0 Å². The molecule has 0 atom stereocenters. The zero-order valence-electron chi connectivity index (χ0n) is 15.5. The molecule has 0 amide bonds. The molecular formula is C18H8F10INO3. The van der Waals surface area contributed by atoms with Crippen molar-refractivity contribution in [3.8, 4) is 0 Å². The van der Waals surface area contributed by atoms with Crippen LogP contribution in [0.1, 0.15) is 27.0 Å². The molecule has 0 heterocycles. The summed E-state index contributed by atoms with van der Waals surface area (Å²) >= 11 is 0.956. The highest BCUT2D eigenvalue weighted by Crippen LogP contribution is 2.54. The molecule has 0 radical (unpaired) electrons. The number of halogens is 11. The molecule has 2 aromatic carbocycles. The molecule has 33 heavy (non-hydrogen) atoms. The SMILES string of the molecule is O=C(Cc1c(I)cc(C(F)(C(F)(F)F)C(F)(F)F)cc1C(F)(F)F)c1cccc([N+](=O)[O-])c1. The van der Waals surface area contributed by atoms with Crippen molar-refractivity contribution in [2.24, 2.45) is 0 Å². The van der Waals surface area contributed by atoms with Crippen molar-refractivity contribution in [3.05, 3.63) is 72.3 Å². The van der Waals surface area contributed by atoms with Crippen LogP contribution in [0, 0.1) is 13.7 Å². The van der Waals surface area contributed by atoms with E-state index in [0.29, 0.717) is 0 Å². The van der Waals surface area contributed by atoms with E-state index in [0.717, 1.165) is 46.9 Å². The maximum atomic E-state index is 14.3. The molecule has 0 spiro atoms. The van der Waals surface area contributed by atoms with Gasteiger partial charge < -0.3 is 0 Å². The largest absolute Gasteiger partial charge is 0.435 e. The summed E-state index contributed by atoms with van der Waals surface area (Å²) in [5.41, 5.74) is -12.6. The summed E-state index contributed by atoms with van der Waals surface area (Å²) in [6.45, 7) is 0. The number of carbonyl (C=O) groups excluding carboxylic acids is 1. The van der Waals surface area contributed by atoms with Crippen LogP contribution >= 0.6 is 22.6 Å². The van der Waals surface area contributed by atoms with E-state index in [9.17, 15) is 58.8 Å². The van der Waals surface area contributed by atoms with E-state index in [4.69, 9.17) is 0 Å². The van der Waals surface area contributed by atoms with Crippen LogP contribution in [0.15, 0.2) is 36.4 Å². The topological polar surface area (TPSA) is 60.2 Å². The van der Waals surface area contributed by atoms with Crippen LogP contribution < -0.4 is 0 Å². The van der Waals surface area contributed by atoms with Gasteiger partial charge in [-0.1, -0.05) is 12.1 Å². The number of alkyl halides is 10. The Hall–Kier alpha value is -2.46. The Morgan fingerprint density at radius 2 is 1.45 bits per heavy atom. The number of Topliss-reactive ketones (excluding diaryl/α,β-unsaturated/α-hetero) is 1. The van der Waals surface area contributed by atoms with E-state index in [1.165, 1.54) is 0 Å². The van der Waals surface area contributed by atoms with Crippen LogP contribution in [0.2, 0.25) is 0 Å². The Kier molecular flexibility index (Phi) is 7.08. The second-order valence-electron chi connectivity index (χ2n) is 6.54. The number of benzene rings is 2. The molecule has 4 nitrogen and oxygen atoms in total. The lowest BCUT2D eigenvalue weighted by Gasteiger charge is -2.31. The van der Waals surface area contributed by atoms with E-state index in [1.807, 2.05) is 0 Å². The lowest BCUT2D eigenvalue weighted by Crippen LogP contribution is -2.50. The summed E-state index contributed by atoms with van der Waals surface area (Å²) in [5.74, 6) is -1.15. The van der Waals surface area contributed by atoms with Crippen molar-refractivity contribution in [3.63, 3.8) is 0 Å². The molecule has 0 unspecified atom stereocenters.